The highest BCUT2D eigenvalue weighted by molar-refractivity contribution is 6.19. The Bertz CT molecular complexity index is 1290. The molecule has 0 fully saturated rings. The van der Waals surface area contributed by atoms with Gasteiger partial charge in [0.15, 0.2) is 5.41 Å². The second-order valence-electron chi connectivity index (χ2n) is 7.68. The van der Waals surface area contributed by atoms with Crippen LogP contribution in [0.25, 0.3) is 0 Å². The number of rotatable bonds is 5. The molecule has 2 aromatic rings. The van der Waals surface area contributed by atoms with Crippen molar-refractivity contribution in [2.45, 2.75) is 18.9 Å². The minimum atomic E-state index is -1.91. The number of hydrogen-bond acceptors (Lipinski definition) is 8. The van der Waals surface area contributed by atoms with E-state index in [1.807, 2.05) is 36.4 Å². The lowest BCUT2D eigenvalue weighted by molar-refractivity contribution is -0.144. The molecule has 0 aromatic heterocycles. The number of anilines is 1. The first-order valence-corrected chi connectivity index (χ1v) is 10.3. The summed E-state index contributed by atoms with van der Waals surface area (Å²) in [4.78, 5) is 40.8. The third-order valence-electron chi connectivity index (χ3n) is 5.81. The van der Waals surface area contributed by atoms with Gasteiger partial charge in [-0.15, -0.1) is 0 Å². The maximum Gasteiger partial charge on any atom is 0.339 e. The van der Waals surface area contributed by atoms with Crippen LogP contribution in [-0.4, -0.2) is 31.5 Å². The van der Waals surface area contributed by atoms with Gasteiger partial charge in [-0.25, -0.2) is 4.79 Å². The summed E-state index contributed by atoms with van der Waals surface area (Å²) in [7, 11) is 1.16. The fourth-order valence-electron chi connectivity index (χ4n) is 4.38. The molecule has 1 amide bonds. The molecule has 9 nitrogen and oxygen atoms in total. The number of benzene rings is 2. The normalized spacial score (nSPS) is 19.0. The zero-order chi connectivity index (χ0) is 24.5. The summed E-state index contributed by atoms with van der Waals surface area (Å²) in [5.41, 5.74) is 5.13. The number of nitrogens with two attached hydrogens (primary N) is 1. The molecule has 0 radical (unpaired) electrons. The fourth-order valence-corrected chi connectivity index (χ4v) is 4.38. The predicted molar refractivity (Wildman–Crippen MR) is 119 cm³/mol. The average Bonchev–Trinajstić information content (AvgIpc) is 3.07. The number of esters is 2. The van der Waals surface area contributed by atoms with E-state index in [-0.39, 0.29) is 29.4 Å². The molecular weight excluding hydrogens is 438 g/mol. The molecular formula is C25H21N3O6. The van der Waals surface area contributed by atoms with Crippen LogP contribution in [0.5, 0.6) is 0 Å². The topological polar surface area (TPSA) is 132 Å². The number of allylic oxidation sites excluding steroid dienone is 1. The van der Waals surface area contributed by atoms with Crippen LogP contribution in [0, 0.1) is 11.3 Å². The van der Waals surface area contributed by atoms with Crippen LogP contribution in [0.2, 0.25) is 0 Å². The molecule has 9 heteroatoms. The van der Waals surface area contributed by atoms with Crippen molar-refractivity contribution in [2.24, 2.45) is 5.73 Å². The smallest absolute Gasteiger partial charge is 0.339 e. The molecule has 1 unspecified atom stereocenters. The fraction of sp³-hybridized carbons (Fsp3) is 0.200. The molecule has 4 rings (SSSR count). The number of nitrogens with zero attached hydrogens (tertiary/aromatic N) is 2. The number of methoxy groups -OCH3 is 1. The van der Waals surface area contributed by atoms with E-state index in [0.717, 1.165) is 12.7 Å². The maximum absolute atomic E-state index is 14.0. The summed E-state index contributed by atoms with van der Waals surface area (Å²) in [5, 5.41) is 9.96. The molecule has 0 saturated carbocycles. The quantitative estimate of drug-likeness (QED) is 0.673. The van der Waals surface area contributed by atoms with Gasteiger partial charge in [-0.2, -0.15) is 5.26 Å². The molecule has 172 valence electrons. The van der Waals surface area contributed by atoms with Gasteiger partial charge < -0.3 is 19.9 Å². The van der Waals surface area contributed by atoms with Gasteiger partial charge in [-0.3, -0.25) is 14.5 Å². The molecule has 0 saturated heterocycles. The maximum atomic E-state index is 14.0. The summed E-state index contributed by atoms with van der Waals surface area (Å²) in [6.07, 6.45) is 0. The van der Waals surface area contributed by atoms with Crippen molar-refractivity contribution in [3.8, 4) is 6.07 Å². The molecule has 1 atom stereocenters. The molecule has 2 aliphatic rings. The SMILES string of the molecule is COC(=O)C1=C(C)OC(N)=C(C#N)C12C(=O)N(CC(=O)OCc1ccccc1)c1ccccc12. The Morgan fingerprint density at radius 2 is 1.82 bits per heavy atom. The summed E-state index contributed by atoms with van der Waals surface area (Å²) in [6.45, 7) is 1.06. The third-order valence-corrected chi connectivity index (χ3v) is 5.81. The van der Waals surface area contributed by atoms with E-state index >= 15 is 0 Å². The van der Waals surface area contributed by atoms with Gasteiger partial charge >= 0.3 is 11.9 Å². The molecule has 2 N–H and O–H groups in total. The molecule has 1 spiro atoms. The van der Waals surface area contributed by atoms with Gasteiger partial charge in [0.1, 0.15) is 36.1 Å². The summed E-state index contributed by atoms with van der Waals surface area (Å²) in [5.74, 6) is -2.49. The highest BCUT2D eigenvalue weighted by Gasteiger charge is 2.62. The first-order chi connectivity index (χ1) is 16.4. The van der Waals surface area contributed by atoms with Crippen molar-refractivity contribution in [2.75, 3.05) is 18.6 Å². The van der Waals surface area contributed by atoms with E-state index in [4.69, 9.17) is 19.9 Å². The molecule has 34 heavy (non-hydrogen) atoms. The van der Waals surface area contributed by atoms with Crippen LogP contribution in [0.3, 0.4) is 0 Å². The van der Waals surface area contributed by atoms with Gasteiger partial charge in [0.25, 0.3) is 0 Å². The van der Waals surface area contributed by atoms with E-state index in [0.29, 0.717) is 11.3 Å². The number of hydrogen-bond donors (Lipinski definition) is 1. The Labute approximate surface area is 195 Å². The predicted octanol–water partition coefficient (Wildman–Crippen LogP) is 2.19. The first kappa shape index (κ1) is 22.6. The van der Waals surface area contributed by atoms with Gasteiger partial charge in [-0.05, 0) is 18.6 Å². The van der Waals surface area contributed by atoms with Crippen LogP contribution in [0.4, 0.5) is 5.69 Å². The van der Waals surface area contributed by atoms with E-state index in [2.05, 4.69) is 0 Å². The Morgan fingerprint density at radius 1 is 1.15 bits per heavy atom. The molecule has 2 aliphatic heterocycles. The van der Waals surface area contributed by atoms with Crippen LogP contribution >= 0.6 is 0 Å². The number of fused-ring (bicyclic) bond motifs is 2. The van der Waals surface area contributed by atoms with Gasteiger partial charge in [0.05, 0.1) is 7.11 Å². The number of ether oxygens (including phenoxy) is 3. The number of carbonyl (C=O) groups excluding carboxylic acids is 3. The van der Waals surface area contributed by atoms with E-state index in [1.54, 1.807) is 24.3 Å². The largest absolute Gasteiger partial charge is 0.466 e. The minimum absolute atomic E-state index is 0.0278. The summed E-state index contributed by atoms with van der Waals surface area (Å²) >= 11 is 0. The average molecular weight is 459 g/mol. The van der Waals surface area contributed by atoms with Crippen LogP contribution in [0.1, 0.15) is 18.1 Å². The Balaban J connectivity index is 1.78. The van der Waals surface area contributed by atoms with Crippen LogP contribution in [0.15, 0.2) is 77.4 Å². The van der Waals surface area contributed by atoms with Crippen LogP contribution < -0.4 is 10.6 Å². The first-order valence-electron chi connectivity index (χ1n) is 10.3. The van der Waals surface area contributed by atoms with Crippen molar-refractivity contribution in [1.29, 1.82) is 5.26 Å². The lowest BCUT2D eigenvalue weighted by Gasteiger charge is -2.34. The van der Waals surface area contributed by atoms with Crippen molar-refractivity contribution in [3.63, 3.8) is 0 Å². The number of amides is 1. The molecule has 0 aliphatic carbocycles. The number of nitriles is 1. The monoisotopic (exact) mass is 459 g/mol. The molecule has 0 bridgehead atoms. The van der Waals surface area contributed by atoms with Crippen LogP contribution in [-0.2, 0) is 40.6 Å². The zero-order valence-electron chi connectivity index (χ0n) is 18.5. The lowest BCUT2D eigenvalue weighted by atomic mass is 9.68. The second-order valence-corrected chi connectivity index (χ2v) is 7.68. The van der Waals surface area contributed by atoms with Gasteiger partial charge in [0.2, 0.25) is 11.8 Å². The highest BCUT2D eigenvalue weighted by Crippen LogP contribution is 2.54. The third kappa shape index (κ3) is 3.36. The number of para-hydroxylation sites is 1. The highest BCUT2D eigenvalue weighted by atomic mass is 16.5. The van der Waals surface area contributed by atoms with Crippen molar-refractivity contribution in [3.05, 3.63) is 88.5 Å². The Kier molecular flexibility index (Phi) is 5.82. The van der Waals surface area contributed by atoms with Crippen molar-refractivity contribution >= 4 is 23.5 Å². The van der Waals surface area contributed by atoms with E-state index in [9.17, 15) is 19.6 Å². The van der Waals surface area contributed by atoms with E-state index < -0.39 is 29.8 Å². The Hall–Kier alpha value is -4.58. The number of carbonyl (C=O) groups is 3. The summed E-state index contributed by atoms with van der Waals surface area (Å²) < 4.78 is 15.7. The standard InChI is InChI=1S/C25H21N3O6/c1-15-21(23(30)32-2)25(18(12-26)22(27)34-15)17-10-6-7-11-19(17)28(24(25)31)13-20(29)33-14-16-8-4-3-5-9-16/h3-11H,13-14,27H2,1-2H3. The van der Waals surface area contributed by atoms with Crippen molar-refractivity contribution < 1.29 is 28.6 Å². The minimum Gasteiger partial charge on any atom is -0.466 e. The van der Waals surface area contributed by atoms with Gasteiger partial charge in [-0.1, -0.05) is 48.5 Å². The van der Waals surface area contributed by atoms with E-state index in [1.165, 1.54) is 11.8 Å². The second kappa shape index (κ2) is 8.75. The van der Waals surface area contributed by atoms with Crippen molar-refractivity contribution in [1.82, 2.24) is 0 Å². The zero-order valence-corrected chi connectivity index (χ0v) is 18.5. The molecule has 2 aromatic carbocycles. The lowest BCUT2D eigenvalue weighted by Crippen LogP contribution is -2.49. The summed E-state index contributed by atoms with van der Waals surface area (Å²) in [6, 6.07) is 17.6. The Morgan fingerprint density at radius 3 is 2.50 bits per heavy atom. The molecule has 2 heterocycles. The van der Waals surface area contributed by atoms with Gasteiger partial charge in [0, 0.05) is 11.3 Å².